The van der Waals surface area contributed by atoms with Crippen LogP contribution in [0.5, 0.6) is 5.75 Å². The molecule has 1 unspecified atom stereocenters. The predicted octanol–water partition coefficient (Wildman–Crippen LogP) is 4.53. The van der Waals surface area contributed by atoms with Crippen molar-refractivity contribution < 1.29 is 9.84 Å². The van der Waals surface area contributed by atoms with Crippen molar-refractivity contribution in [2.45, 2.75) is 13.0 Å². The molecule has 19 heavy (non-hydrogen) atoms. The van der Waals surface area contributed by atoms with Crippen molar-refractivity contribution in [3.8, 4) is 5.75 Å². The highest BCUT2D eigenvalue weighted by Gasteiger charge is 2.14. The van der Waals surface area contributed by atoms with Crippen molar-refractivity contribution in [3.05, 3.63) is 61.6 Å². The Morgan fingerprint density at radius 3 is 2.79 bits per heavy atom. The van der Waals surface area contributed by atoms with Gasteiger partial charge in [0.1, 0.15) is 11.9 Å². The number of hydrogen-bond acceptors (Lipinski definition) is 2. The summed E-state index contributed by atoms with van der Waals surface area (Å²) in [5.41, 5.74) is 1.69. The fourth-order valence-electron chi connectivity index (χ4n) is 1.84. The van der Waals surface area contributed by atoms with Crippen molar-refractivity contribution in [3.63, 3.8) is 0 Å². The normalized spacial score (nSPS) is 12.2. The molecule has 2 rings (SSSR count). The van der Waals surface area contributed by atoms with E-state index in [9.17, 15) is 5.11 Å². The third-order valence-corrected chi connectivity index (χ3v) is 4.13. The highest BCUT2D eigenvalue weighted by atomic mass is 127. The van der Waals surface area contributed by atoms with Gasteiger partial charge in [-0.15, -0.1) is 0 Å². The fraction of sp³-hybridized carbons (Fsp3) is 0.200. The van der Waals surface area contributed by atoms with Crippen molar-refractivity contribution in [2.75, 3.05) is 6.61 Å². The lowest BCUT2D eigenvalue weighted by Crippen LogP contribution is -2.02. The number of halogens is 2. The third kappa shape index (κ3) is 3.70. The van der Waals surface area contributed by atoms with Crippen LogP contribution in [0.25, 0.3) is 0 Å². The van der Waals surface area contributed by atoms with E-state index in [-0.39, 0.29) is 0 Å². The summed E-state index contributed by atoms with van der Waals surface area (Å²) in [6.07, 6.45) is -0.663. The summed E-state index contributed by atoms with van der Waals surface area (Å²) >= 11 is 5.72. The summed E-state index contributed by atoms with van der Waals surface area (Å²) in [6.45, 7) is 2.56. The van der Waals surface area contributed by atoms with Gasteiger partial charge in [0.15, 0.2) is 0 Å². The van der Waals surface area contributed by atoms with E-state index in [1.807, 2.05) is 49.4 Å². The van der Waals surface area contributed by atoms with Crippen molar-refractivity contribution in [1.29, 1.82) is 0 Å². The van der Waals surface area contributed by atoms with E-state index < -0.39 is 6.10 Å². The second-order valence-corrected chi connectivity index (χ2v) is 6.17. The Bertz CT molecular complexity index is 572. The number of ether oxygens (including phenoxy) is 1. The van der Waals surface area contributed by atoms with Gasteiger partial charge < -0.3 is 9.84 Å². The number of rotatable bonds is 4. The lowest BCUT2D eigenvalue weighted by Gasteiger charge is -2.15. The molecule has 0 saturated heterocycles. The van der Waals surface area contributed by atoms with Crippen LogP contribution in [0.3, 0.4) is 0 Å². The molecule has 0 heterocycles. The zero-order valence-corrected chi connectivity index (χ0v) is 14.2. The molecule has 0 radical (unpaired) electrons. The Morgan fingerprint density at radius 2 is 2.05 bits per heavy atom. The maximum atomic E-state index is 10.5. The largest absolute Gasteiger partial charge is 0.494 e. The summed E-state index contributed by atoms with van der Waals surface area (Å²) in [6, 6.07) is 13.5. The Kier molecular flexibility index (Phi) is 5.24. The van der Waals surface area contributed by atoms with E-state index in [0.717, 1.165) is 24.9 Å². The van der Waals surface area contributed by atoms with Crippen LogP contribution in [0.15, 0.2) is 46.9 Å². The Labute approximate surface area is 135 Å². The standard InChI is InChI=1S/C15H14BrIO2/c1-2-19-12-5-3-4-10(8-12)15(18)13-9-11(17)6-7-14(13)16/h3-9,15,18H,2H2,1H3. The molecule has 0 aliphatic heterocycles. The van der Waals surface area contributed by atoms with Crippen LogP contribution in [-0.2, 0) is 0 Å². The van der Waals surface area contributed by atoms with Gasteiger partial charge in [0, 0.05) is 13.6 Å². The highest BCUT2D eigenvalue weighted by Crippen LogP contribution is 2.31. The second kappa shape index (κ2) is 6.72. The molecule has 2 nitrogen and oxygen atoms in total. The quantitative estimate of drug-likeness (QED) is 0.719. The molecular formula is C15H14BrIO2. The number of hydrogen-bond donors (Lipinski definition) is 1. The van der Waals surface area contributed by atoms with Gasteiger partial charge in [0.25, 0.3) is 0 Å². The number of aliphatic hydroxyl groups excluding tert-OH is 1. The van der Waals surface area contributed by atoms with Gasteiger partial charge in [0.2, 0.25) is 0 Å². The van der Waals surface area contributed by atoms with Crippen LogP contribution in [-0.4, -0.2) is 11.7 Å². The first-order valence-corrected chi connectivity index (χ1v) is 7.84. The van der Waals surface area contributed by atoms with E-state index in [1.54, 1.807) is 0 Å². The van der Waals surface area contributed by atoms with Crippen LogP contribution < -0.4 is 4.74 Å². The number of aliphatic hydroxyl groups is 1. The minimum atomic E-state index is -0.663. The lowest BCUT2D eigenvalue weighted by atomic mass is 10.0. The van der Waals surface area contributed by atoms with Gasteiger partial charge >= 0.3 is 0 Å². The van der Waals surface area contributed by atoms with Crippen LogP contribution in [0.4, 0.5) is 0 Å². The molecule has 0 spiro atoms. The van der Waals surface area contributed by atoms with Gasteiger partial charge in [-0.1, -0.05) is 28.1 Å². The smallest absolute Gasteiger partial charge is 0.119 e. The van der Waals surface area contributed by atoms with Crippen LogP contribution >= 0.6 is 38.5 Å². The molecule has 0 saturated carbocycles. The average Bonchev–Trinajstić information content (AvgIpc) is 2.41. The molecule has 0 fully saturated rings. The van der Waals surface area contributed by atoms with E-state index in [0.29, 0.717) is 6.61 Å². The zero-order valence-electron chi connectivity index (χ0n) is 10.4. The molecule has 4 heteroatoms. The Balaban J connectivity index is 2.35. The van der Waals surface area contributed by atoms with Gasteiger partial charge in [-0.05, 0) is 65.4 Å². The third-order valence-electron chi connectivity index (χ3n) is 2.74. The van der Waals surface area contributed by atoms with Crippen LogP contribution in [0.2, 0.25) is 0 Å². The summed E-state index contributed by atoms with van der Waals surface area (Å²) in [4.78, 5) is 0. The molecule has 0 aliphatic rings. The molecule has 0 amide bonds. The zero-order chi connectivity index (χ0) is 13.8. The molecule has 100 valence electrons. The molecule has 0 bridgehead atoms. The van der Waals surface area contributed by atoms with Gasteiger partial charge in [-0.3, -0.25) is 0 Å². The van der Waals surface area contributed by atoms with Gasteiger partial charge in [-0.2, -0.15) is 0 Å². The Morgan fingerprint density at radius 1 is 1.26 bits per heavy atom. The topological polar surface area (TPSA) is 29.5 Å². The predicted molar refractivity (Wildman–Crippen MR) is 88.5 cm³/mol. The molecule has 0 aliphatic carbocycles. The first-order valence-electron chi connectivity index (χ1n) is 5.97. The molecule has 1 atom stereocenters. The Hall–Kier alpha value is -0.590. The molecular weight excluding hydrogens is 419 g/mol. The second-order valence-electron chi connectivity index (χ2n) is 4.07. The van der Waals surface area contributed by atoms with E-state index >= 15 is 0 Å². The maximum Gasteiger partial charge on any atom is 0.119 e. The summed E-state index contributed by atoms with van der Waals surface area (Å²) in [5.74, 6) is 0.779. The number of benzene rings is 2. The fourth-order valence-corrected chi connectivity index (χ4v) is 2.82. The van der Waals surface area contributed by atoms with E-state index in [1.165, 1.54) is 0 Å². The molecule has 2 aromatic rings. The average molecular weight is 433 g/mol. The molecule has 0 aromatic heterocycles. The summed E-state index contributed by atoms with van der Waals surface area (Å²) in [5, 5.41) is 10.5. The lowest BCUT2D eigenvalue weighted by molar-refractivity contribution is 0.218. The summed E-state index contributed by atoms with van der Waals surface area (Å²) in [7, 11) is 0. The van der Waals surface area contributed by atoms with E-state index in [2.05, 4.69) is 38.5 Å². The maximum absolute atomic E-state index is 10.5. The molecule has 2 aromatic carbocycles. The van der Waals surface area contributed by atoms with E-state index in [4.69, 9.17) is 4.74 Å². The van der Waals surface area contributed by atoms with Gasteiger partial charge in [-0.25, -0.2) is 0 Å². The van der Waals surface area contributed by atoms with Crippen molar-refractivity contribution >= 4 is 38.5 Å². The minimum Gasteiger partial charge on any atom is -0.494 e. The SMILES string of the molecule is CCOc1cccc(C(O)c2cc(I)ccc2Br)c1. The van der Waals surface area contributed by atoms with Gasteiger partial charge in [0.05, 0.1) is 6.61 Å². The summed E-state index contributed by atoms with van der Waals surface area (Å²) < 4.78 is 7.46. The first-order chi connectivity index (χ1) is 9.11. The monoisotopic (exact) mass is 432 g/mol. The van der Waals surface area contributed by atoms with Crippen molar-refractivity contribution in [1.82, 2.24) is 0 Å². The first kappa shape index (κ1) is 14.8. The minimum absolute atomic E-state index is 0.618. The highest BCUT2D eigenvalue weighted by molar-refractivity contribution is 14.1. The van der Waals surface area contributed by atoms with Crippen LogP contribution in [0.1, 0.15) is 24.2 Å². The van der Waals surface area contributed by atoms with Crippen LogP contribution in [0, 0.1) is 3.57 Å². The molecule has 1 N–H and O–H groups in total. The van der Waals surface area contributed by atoms with Crippen molar-refractivity contribution in [2.24, 2.45) is 0 Å².